The highest BCUT2D eigenvalue weighted by Gasteiger charge is 2.69. The van der Waals surface area contributed by atoms with Gasteiger partial charge in [0.15, 0.2) is 5.37 Å². The summed E-state index contributed by atoms with van der Waals surface area (Å²) in [5.74, 6) is -1.24. The fourth-order valence-electron chi connectivity index (χ4n) is 3.87. The third-order valence-corrected chi connectivity index (χ3v) is 7.75. The lowest BCUT2D eigenvalue weighted by molar-refractivity contribution is -0.174. The van der Waals surface area contributed by atoms with Gasteiger partial charge in [-0.2, -0.15) is 0 Å². The second-order valence-corrected chi connectivity index (χ2v) is 10.2. The highest BCUT2D eigenvalue weighted by molar-refractivity contribution is 7.87. The number of carbonyl (C=O) groups excluding carboxylic acids is 3. The summed E-state index contributed by atoms with van der Waals surface area (Å²) in [6.45, 7) is 3.29. The fourth-order valence-corrected chi connectivity index (χ4v) is 5.75. The zero-order valence-electron chi connectivity index (χ0n) is 17.6. The molecule has 0 saturated carbocycles. The molecule has 2 aliphatic rings. The van der Waals surface area contributed by atoms with Crippen LogP contribution >= 0.6 is 0 Å². The zero-order valence-corrected chi connectivity index (χ0v) is 18.4. The maximum Gasteiger partial charge on any atom is 0.509 e. The molecule has 1 amide bonds. The first-order chi connectivity index (χ1) is 15.3. The van der Waals surface area contributed by atoms with E-state index in [1.165, 1.54) is 4.90 Å². The van der Waals surface area contributed by atoms with Crippen molar-refractivity contribution in [2.45, 2.75) is 49.3 Å². The third-order valence-electron chi connectivity index (χ3n) is 5.58. The third kappa shape index (κ3) is 4.00. The summed E-state index contributed by atoms with van der Waals surface area (Å²) in [6, 6.07) is 17.1. The minimum atomic E-state index is -1.66. The Balaban J connectivity index is 1.39. The molecule has 2 fully saturated rings. The zero-order chi connectivity index (χ0) is 22.9. The molecule has 0 N–H and O–H groups in total. The molecule has 4 rings (SSSR count). The topological polar surface area (TPSA) is 99.2 Å². The van der Waals surface area contributed by atoms with Crippen molar-refractivity contribution in [1.82, 2.24) is 4.90 Å². The van der Waals surface area contributed by atoms with Gasteiger partial charge >= 0.3 is 12.1 Å². The molecule has 1 unspecified atom stereocenters. The Kier molecular flexibility index (Phi) is 6.01. The number of hydrogen-bond donors (Lipinski definition) is 0. The molecular formula is C23H23NO7S. The van der Waals surface area contributed by atoms with Gasteiger partial charge in [0.1, 0.15) is 19.3 Å². The van der Waals surface area contributed by atoms with Crippen LogP contribution in [-0.2, 0) is 47.8 Å². The molecule has 8 nitrogen and oxygen atoms in total. The average molecular weight is 458 g/mol. The molecule has 0 bridgehead atoms. The van der Waals surface area contributed by atoms with Gasteiger partial charge in [-0.25, -0.2) is 9.59 Å². The predicted molar refractivity (Wildman–Crippen MR) is 114 cm³/mol. The molecular weight excluding hydrogens is 434 g/mol. The van der Waals surface area contributed by atoms with Gasteiger partial charge in [-0.05, 0) is 25.0 Å². The number of nitrogens with zero attached hydrogens (tertiary/aromatic N) is 1. The van der Waals surface area contributed by atoms with Gasteiger partial charge in [-0.15, -0.1) is 0 Å². The normalized spacial score (nSPS) is 25.4. The Bertz CT molecular complexity index is 1040. The van der Waals surface area contributed by atoms with E-state index in [1.807, 2.05) is 36.4 Å². The van der Waals surface area contributed by atoms with E-state index in [4.69, 9.17) is 14.2 Å². The van der Waals surface area contributed by atoms with Crippen molar-refractivity contribution in [2.75, 3.05) is 0 Å². The molecule has 0 aliphatic carbocycles. The average Bonchev–Trinajstić information content (AvgIpc) is 2.99. The van der Waals surface area contributed by atoms with Crippen LogP contribution in [-0.4, -0.2) is 49.4 Å². The molecule has 0 spiro atoms. The highest BCUT2D eigenvalue weighted by Crippen LogP contribution is 2.45. The number of amides is 1. The smallest absolute Gasteiger partial charge is 0.459 e. The van der Waals surface area contributed by atoms with Crippen LogP contribution < -0.4 is 0 Å². The number of esters is 1. The summed E-state index contributed by atoms with van der Waals surface area (Å²) in [7, 11) is -1.66. The van der Waals surface area contributed by atoms with Gasteiger partial charge in [-0.3, -0.25) is 9.00 Å². The number of β-lactam (4-membered cyclic amide) rings is 1. The van der Waals surface area contributed by atoms with Crippen LogP contribution in [0.4, 0.5) is 4.79 Å². The lowest BCUT2D eigenvalue weighted by Gasteiger charge is -2.41. The number of rotatable bonds is 6. The standard InChI is InChI=1S/C23H23NO7S/c1-23(2)18(21(26)29-13-15-9-5-3-6-10-15)24-19(25)17(20(24)32(23)28)31-22(27)30-14-16-11-7-4-8-12-16/h3-12,17-18,20H,13-14H2,1-2H3/t17-,18-,20+,32?/m0/s1. The van der Waals surface area contributed by atoms with Crippen LogP contribution in [0.2, 0.25) is 0 Å². The van der Waals surface area contributed by atoms with E-state index < -0.39 is 51.1 Å². The van der Waals surface area contributed by atoms with Crippen molar-refractivity contribution in [3.05, 3.63) is 71.8 Å². The number of benzene rings is 2. The van der Waals surface area contributed by atoms with Crippen molar-refractivity contribution in [3.8, 4) is 0 Å². The molecule has 2 aliphatic heterocycles. The Morgan fingerprint density at radius 3 is 2.03 bits per heavy atom. The van der Waals surface area contributed by atoms with Gasteiger partial charge in [-0.1, -0.05) is 60.7 Å². The number of carbonyl (C=O) groups is 3. The summed E-state index contributed by atoms with van der Waals surface area (Å²) >= 11 is 0. The summed E-state index contributed by atoms with van der Waals surface area (Å²) in [5.41, 5.74) is 1.56. The minimum Gasteiger partial charge on any atom is -0.459 e. The molecule has 9 heteroatoms. The Morgan fingerprint density at radius 1 is 0.938 bits per heavy atom. The van der Waals surface area contributed by atoms with E-state index in [-0.39, 0.29) is 13.2 Å². The minimum absolute atomic E-state index is 0.0159. The summed E-state index contributed by atoms with van der Waals surface area (Å²) < 4.78 is 27.6. The van der Waals surface area contributed by atoms with Gasteiger partial charge in [0.05, 0.1) is 15.5 Å². The lowest BCUT2D eigenvalue weighted by atomic mass is 9.97. The van der Waals surface area contributed by atoms with Crippen molar-refractivity contribution < 1.29 is 32.8 Å². The fraction of sp³-hybridized carbons (Fsp3) is 0.348. The molecule has 0 radical (unpaired) electrons. The van der Waals surface area contributed by atoms with E-state index in [0.29, 0.717) is 0 Å². The monoisotopic (exact) mass is 457 g/mol. The van der Waals surface area contributed by atoms with Crippen molar-refractivity contribution in [2.24, 2.45) is 0 Å². The number of fused-ring (bicyclic) bond motifs is 1. The Hall–Kier alpha value is -3.20. The van der Waals surface area contributed by atoms with E-state index in [1.54, 1.807) is 38.1 Å². The van der Waals surface area contributed by atoms with E-state index in [2.05, 4.69) is 0 Å². The molecule has 4 atom stereocenters. The molecule has 2 aromatic rings. The summed E-state index contributed by atoms with van der Waals surface area (Å²) in [5, 5.41) is -0.920. The number of hydrogen-bond acceptors (Lipinski definition) is 7. The SMILES string of the molecule is CC1(C)[C@H](C(=O)OCc2ccccc2)N2C(=O)[C@H](OC(=O)OCc3ccccc3)[C@H]2S1=O. The maximum atomic E-state index is 13.1. The van der Waals surface area contributed by atoms with Crippen LogP contribution in [0.1, 0.15) is 25.0 Å². The maximum absolute atomic E-state index is 13.1. The van der Waals surface area contributed by atoms with Crippen LogP contribution in [0, 0.1) is 0 Å². The van der Waals surface area contributed by atoms with Gasteiger partial charge in [0, 0.05) is 0 Å². The second-order valence-electron chi connectivity index (χ2n) is 8.10. The molecule has 2 aromatic carbocycles. The van der Waals surface area contributed by atoms with Crippen LogP contribution in [0.3, 0.4) is 0 Å². The van der Waals surface area contributed by atoms with Crippen molar-refractivity contribution in [1.29, 1.82) is 0 Å². The number of ether oxygens (including phenoxy) is 3. The summed E-state index contributed by atoms with van der Waals surface area (Å²) in [6.07, 6.45) is -2.29. The summed E-state index contributed by atoms with van der Waals surface area (Å²) in [4.78, 5) is 38.8. The van der Waals surface area contributed by atoms with Crippen molar-refractivity contribution >= 4 is 28.8 Å². The van der Waals surface area contributed by atoms with E-state index in [0.717, 1.165) is 11.1 Å². The van der Waals surface area contributed by atoms with Crippen LogP contribution in [0.25, 0.3) is 0 Å². The van der Waals surface area contributed by atoms with Crippen LogP contribution in [0.5, 0.6) is 0 Å². The van der Waals surface area contributed by atoms with Crippen molar-refractivity contribution in [3.63, 3.8) is 0 Å². The molecule has 32 heavy (non-hydrogen) atoms. The van der Waals surface area contributed by atoms with Gasteiger partial charge in [0.2, 0.25) is 6.10 Å². The highest BCUT2D eigenvalue weighted by atomic mass is 32.2. The molecule has 2 saturated heterocycles. The first-order valence-electron chi connectivity index (χ1n) is 10.1. The predicted octanol–water partition coefficient (Wildman–Crippen LogP) is 2.53. The Labute approximate surface area is 187 Å². The molecule has 2 heterocycles. The van der Waals surface area contributed by atoms with E-state index in [9.17, 15) is 18.6 Å². The largest absolute Gasteiger partial charge is 0.509 e. The first-order valence-corrected chi connectivity index (χ1v) is 11.3. The van der Waals surface area contributed by atoms with Gasteiger partial charge < -0.3 is 19.1 Å². The second kappa shape index (κ2) is 8.74. The molecule has 0 aromatic heterocycles. The van der Waals surface area contributed by atoms with E-state index >= 15 is 0 Å². The lowest BCUT2D eigenvalue weighted by Crippen LogP contribution is -2.67. The van der Waals surface area contributed by atoms with Gasteiger partial charge in [0.25, 0.3) is 5.91 Å². The quantitative estimate of drug-likeness (QED) is 0.485. The van der Waals surface area contributed by atoms with Crippen LogP contribution in [0.15, 0.2) is 60.7 Å². The first kappa shape index (κ1) is 22.0. The Morgan fingerprint density at radius 2 is 1.47 bits per heavy atom. The molecule has 168 valence electrons.